The van der Waals surface area contributed by atoms with Gasteiger partial charge in [-0.05, 0) is 35.9 Å². The van der Waals surface area contributed by atoms with E-state index in [2.05, 4.69) is 4.98 Å². The molecule has 2 aromatic carbocycles. The topological polar surface area (TPSA) is 50.2 Å². The largest absolute Gasteiger partial charge is 0.478 e. The van der Waals surface area contributed by atoms with Gasteiger partial charge < -0.3 is 5.11 Å². The van der Waals surface area contributed by atoms with E-state index >= 15 is 0 Å². The Labute approximate surface area is 160 Å². The van der Waals surface area contributed by atoms with Crippen LogP contribution in [0.5, 0.6) is 0 Å². The maximum Gasteiger partial charge on any atom is 0.416 e. The molecule has 0 bridgehead atoms. The molecule has 0 atom stereocenters. The number of aromatic nitrogens is 1. The number of benzene rings is 2. The van der Waals surface area contributed by atoms with E-state index in [0.29, 0.717) is 0 Å². The fraction of sp³-hybridized carbons (Fsp3) is 0.100. The number of carbonyl (C=O) groups is 1. The summed E-state index contributed by atoms with van der Waals surface area (Å²) in [5.74, 6) is -1.35. The first-order valence-corrected chi connectivity index (χ1v) is 8.06. The third-order valence-electron chi connectivity index (χ3n) is 4.17. The molecule has 1 aromatic heterocycles. The molecule has 0 saturated heterocycles. The van der Waals surface area contributed by atoms with Crippen LogP contribution < -0.4 is 0 Å². The SMILES string of the molecule is O=C(O)c1ccnc(-c2ccc(C(F)(F)F)cc2)c1-c1ccc(C(F)(F)F)cc1. The van der Waals surface area contributed by atoms with Crippen LogP contribution in [0, 0.1) is 0 Å². The molecule has 0 fully saturated rings. The highest BCUT2D eigenvalue weighted by Gasteiger charge is 2.31. The van der Waals surface area contributed by atoms with Crippen molar-refractivity contribution in [1.29, 1.82) is 0 Å². The fourth-order valence-electron chi connectivity index (χ4n) is 2.79. The molecule has 0 aliphatic carbocycles. The Bertz CT molecular complexity index is 1040. The Balaban J connectivity index is 2.17. The fourth-order valence-corrected chi connectivity index (χ4v) is 2.79. The predicted octanol–water partition coefficient (Wildman–Crippen LogP) is 6.15. The summed E-state index contributed by atoms with van der Waals surface area (Å²) in [5.41, 5.74) is -1.68. The van der Waals surface area contributed by atoms with Crippen LogP contribution in [0.25, 0.3) is 22.4 Å². The lowest BCUT2D eigenvalue weighted by Gasteiger charge is -2.14. The number of aromatic carboxylic acids is 1. The molecule has 0 spiro atoms. The van der Waals surface area contributed by atoms with Crippen LogP contribution in [-0.4, -0.2) is 16.1 Å². The summed E-state index contributed by atoms with van der Waals surface area (Å²) in [5, 5.41) is 9.48. The highest BCUT2D eigenvalue weighted by Crippen LogP contribution is 2.37. The molecule has 0 radical (unpaired) electrons. The first-order valence-electron chi connectivity index (χ1n) is 8.06. The van der Waals surface area contributed by atoms with Gasteiger partial charge >= 0.3 is 18.3 Å². The van der Waals surface area contributed by atoms with Crippen molar-refractivity contribution in [3.8, 4) is 22.4 Å². The second-order valence-corrected chi connectivity index (χ2v) is 6.04. The van der Waals surface area contributed by atoms with Crippen LogP contribution in [0.1, 0.15) is 21.5 Å². The molecule has 3 nitrogen and oxygen atoms in total. The van der Waals surface area contributed by atoms with Crippen molar-refractivity contribution in [1.82, 2.24) is 4.98 Å². The molecule has 0 unspecified atom stereocenters. The first-order chi connectivity index (χ1) is 13.5. The Hall–Kier alpha value is -3.36. The quantitative estimate of drug-likeness (QED) is 0.526. The van der Waals surface area contributed by atoms with Crippen LogP contribution in [0.15, 0.2) is 60.8 Å². The zero-order chi connectivity index (χ0) is 21.4. The minimum atomic E-state index is -4.57. The molecule has 29 heavy (non-hydrogen) atoms. The van der Waals surface area contributed by atoms with E-state index in [-0.39, 0.29) is 27.9 Å². The van der Waals surface area contributed by atoms with Gasteiger partial charge in [0.15, 0.2) is 0 Å². The predicted molar refractivity (Wildman–Crippen MR) is 92.1 cm³/mol. The van der Waals surface area contributed by atoms with Crippen molar-refractivity contribution in [2.75, 3.05) is 0 Å². The van der Waals surface area contributed by atoms with Crippen molar-refractivity contribution in [3.05, 3.63) is 77.5 Å². The van der Waals surface area contributed by atoms with Gasteiger partial charge in [0, 0.05) is 17.3 Å². The van der Waals surface area contributed by atoms with Gasteiger partial charge in [0.25, 0.3) is 0 Å². The van der Waals surface area contributed by atoms with Gasteiger partial charge in [0.05, 0.1) is 22.4 Å². The van der Waals surface area contributed by atoms with Crippen LogP contribution >= 0.6 is 0 Å². The van der Waals surface area contributed by atoms with Gasteiger partial charge in [0.2, 0.25) is 0 Å². The molecular formula is C20H11F6NO2. The third kappa shape index (κ3) is 4.23. The number of hydrogen-bond acceptors (Lipinski definition) is 2. The van der Waals surface area contributed by atoms with Crippen molar-refractivity contribution in [3.63, 3.8) is 0 Å². The standard InChI is InChI=1S/C20H11F6NO2/c21-19(22,23)13-5-1-11(2-6-13)16-15(18(28)29)9-10-27-17(16)12-3-7-14(8-4-12)20(24,25)26/h1-10H,(H,28,29). The van der Waals surface area contributed by atoms with Crippen molar-refractivity contribution in [2.45, 2.75) is 12.4 Å². The Morgan fingerprint density at radius 2 is 1.17 bits per heavy atom. The summed E-state index contributed by atoms with van der Waals surface area (Å²) in [6, 6.07) is 8.86. The van der Waals surface area contributed by atoms with Crippen molar-refractivity contribution < 1.29 is 36.2 Å². The second-order valence-electron chi connectivity index (χ2n) is 6.04. The van der Waals surface area contributed by atoms with E-state index in [1.807, 2.05) is 0 Å². The maximum atomic E-state index is 12.8. The molecule has 3 aromatic rings. The molecule has 0 aliphatic heterocycles. The molecule has 0 saturated carbocycles. The van der Waals surface area contributed by atoms with E-state index in [0.717, 1.165) is 48.5 Å². The summed E-state index contributed by atoms with van der Waals surface area (Å²) in [6.45, 7) is 0. The summed E-state index contributed by atoms with van der Waals surface area (Å²) in [4.78, 5) is 15.7. The Kier molecular flexibility index (Phi) is 5.08. The molecule has 3 rings (SSSR count). The lowest BCUT2D eigenvalue weighted by Crippen LogP contribution is -2.06. The molecule has 0 amide bonds. The van der Waals surface area contributed by atoms with Crippen molar-refractivity contribution >= 4 is 5.97 Å². The molecule has 1 heterocycles. The number of pyridine rings is 1. The van der Waals surface area contributed by atoms with Gasteiger partial charge in [-0.2, -0.15) is 26.3 Å². The lowest BCUT2D eigenvalue weighted by atomic mass is 9.93. The highest BCUT2D eigenvalue weighted by molar-refractivity contribution is 6.00. The molecule has 9 heteroatoms. The van der Waals surface area contributed by atoms with Crippen LogP contribution in [0.3, 0.4) is 0 Å². The van der Waals surface area contributed by atoms with E-state index in [1.165, 1.54) is 12.3 Å². The number of carboxylic acids is 1. The molecular weight excluding hydrogens is 400 g/mol. The number of halogens is 6. The second kappa shape index (κ2) is 7.23. The maximum absolute atomic E-state index is 12.8. The lowest BCUT2D eigenvalue weighted by molar-refractivity contribution is -0.138. The zero-order valence-electron chi connectivity index (χ0n) is 14.3. The van der Waals surface area contributed by atoms with Crippen LogP contribution in [0.2, 0.25) is 0 Å². The summed E-state index contributed by atoms with van der Waals surface area (Å²) >= 11 is 0. The summed E-state index contributed by atoms with van der Waals surface area (Å²) < 4.78 is 76.8. The third-order valence-corrected chi connectivity index (χ3v) is 4.17. The minimum absolute atomic E-state index is 0.00785. The van der Waals surface area contributed by atoms with E-state index in [4.69, 9.17) is 0 Å². The number of alkyl halides is 6. The van der Waals surface area contributed by atoms with Crippen LogP contribution in [-0.2, 0) is 12.4 Å². The van der Waals surface area contributed by atoms with Crippen LogP contribution in [0.4, 0.5) is 26.3 Å². The number of nitrogens with zero attached hydrogens (tertiary/aromatic N) is 1. The molecule has 150 valence electrons. The van der Waals surface area contributed by atoms with Gasteiger partial charge in [0.1, 0.15) is 0 Å². The van der Waals surface area contributed by atoms with Gasteiger partial charge in [-0.25, -0.2) is 4.79 Å². The Morgan fingerprint density at radius 1 is 0.724 bits per heavy atom. The monoisotopic (exact) mass is 411 g/mol. The normalized spacial score (nSPS) is 12.1. The van der Waals surface area contributed by atoms with E-state index in [9.17, 15) is 36.2 Å². The van der Waals surface area contributed by atoms with Gasteiger partial charge in [-0.3, -0.25) is 4.98 Å². The average Bonchev–Trinajstić information content (AvgIpc) is 2.66. The number of rotatable bonds is 3. The smallest absolute Gasteiger partial charge is 0.416 e. The average molecular weight is 411 g/mol. The van der Waals surface area contributed by atoms with Gasteiger partial charge in [-0.1, -0.05) is 24.3 Å². The summed E-state index contributed by atoms with van der Waals surface area (Å²) in [6.07, 6.45) is -7.95. The summed E-state index contributed by atoms with van der Waals surface area (Å²) in [7, 11) is 0. The zero-order valence-corrected chi connectivity index (χ0v) is 14.3. The van der Waals surface area contributed by atoms with E-state index < -0.39 is 29.4 Å². The van der Waals surface area contributed by atoms with Gasteiger partial charge in [-0.15, -0.1) is 0 Å². The number of carboxylic acid groups (broad SMARTS) is 1. The Morgan fingerprint density at radius 3 is 1.59 bits per heavy atom. The highest BCUT2D eigenvalue weighted by atomic mass is 19.4. The minimum Gasteiger partial charge on any atom is -0.478 e. The number of hydrogen-bond donors (Lipinski definition) is 1. The van der Waals surface area contributed by atoms with Crippen molar-refractivity contribution in [2.24, 2.45) is 0 Å². The first kappa shape index (κ1) is 20.4. The molecule has 1 N–H and O–H groups in total. The molecule has 0 aliphatic rings. The van der Waals surface area contributed by atoms with E-state index in [1.54, 1.807) is 0 Å².